The minimum atomic E-state index is 0. The van der Waals surface area contributed by atoms with Gasteiger partial charge in [-0.2, -0.15) is 0 Å². The molecule has 0 saturated heterocycles. The van der Waals surface area contributed by atoms with E-state index in [0.717, 1.165) is 21.6 Å². The molecule has 0 aliphatic rings. The number of guanidine groups is 1. The zero-order valence-electron chi connectivity index (χ0n) is 12.8. The number of nitrogens with zero attached hydrogens (tertiary/aromatic N) is 2. The van der Waals surface area contributed by atoms with Gasteiger partial charge in [0, 0.05) is 23.1 Å². The second-order valence-electron chi connectivity index (χ2n) is 4.71. The Morgan fingerprint density at radius 3 is 2.82 bits per heavy atom. The van der Waals surface area contributed by atoms with Gasteiger partial charge in [0.2, 0.25) is 0 Å². The highest BCUT2D eigenvalue weighted by Gasteiger charge is 2.08. The largest absolute Gasteiger partial charge is 0.350 e. The average molecular weight is 451 g/mol. The van der Waals surface area contributed by atoms with E-state index in [0.29, 0.717) is 6.54 Å². The van der Waals surface area contributed by atoms with Gasteiger partial charge < -0.3 is 10.6 Å². The van der Waals surface area contributed by atoms with E-state index in [-0.39, 0.29) is 30.0 Å². The van der Waals surface area contributed by atoms with Gasteiger partial charge in [0.15, 0.2) is 5.96 Å². The van der Waals surface area contributed by atoms with Crippen molar-refractivity contribution in [3.63, 3.8) is 0 Å². The van der Waals surface area contributed by atoms with Crippen molar-refractivity contribution < 1.29 is 0 Å². The summed E-state index contributed by atoms with van der Waals surface area (Å²) in [5.41, 5.74) is 1.12. The van der Waals surface area contributed by atoms with Gasteiger partial charge in [-0.05, 0) is 31.5 Å². The third kappa shape index (κ3) is 5.73. The van der Waals surface area contributed by atoms with Gasteiger partial charge in [-0.3, -0.25) is 4.99 Å². The molecule has 0 radical (unpaired) electrons. The number of aromatic nitrogens is 1. The van der Waals surface area contributed by atoms with E-state index in [2.05, 4.69) is 34.5 Å². The minimum Gasteiger partial charge on any atom is -0.350 e. The van der Waals surface area contributed by atoms with E-state index >= 15 is 0 Å². The summed E-state index contributed by atoms with van der Waals surface area (Å²) in [7, 11) is 1.76. The van der Waals surface area contributed by atoms with Crippen LogP contribution in [-0.4, -0.2) is 18.0 Å². The van der Waals surface area contributed by atoms with E-state index in [1.54, 1.807) is 18.4 Å². The first kappa shape index (κ1) is 19.2. The number of benzene rings is 1. The lowest BCUT2D eigenvalue weighted by atomic mass is 10.1. The number of thiazole rings is 1. The van der Waals surface area contributed by atoms with Crippen molar-refractivity contribution in [2.75, 3.05) is 7.05 Å². The summed E-state index contributed by atoms with van der Waals surface area (Å²) in [4.78, 5) is 9.77. The molecule has 0 amide bonds. The molecule has 0 aliphatic heterocycles. The highest BCUT2D eigenvalue weighted by atomic mass is 127. The fraction of sp³-hybridized carbons (Fsp3) is 0.333. The monoisotopic (exact) mass is 450 g/mol. The SMILES string of the molecule is CN=C(NCc1ncc(C)s1)NC(C)c1cccc(Cl)c1.I. The fourth-order valence-corrected chi connectivity index (χ4v) is 2.83. The van der Waals surface area contributed by atoms with Gasteiger partial charge in [0.05, 0.1) is 12.6 Å². The van der Waals surface area contributed by atoms with Crippen LogP contribution >= 0.6 is 46.9 Å². The quantitative estimate of drug-likeness (QED) is 0.418. The van der Waals surface area contributed by atoms with Crippen molar-refractivity contribution in [2.24, 2.45) is 4.99 Å². The average Bonchev–Trinajstić information content (AvgIpc) is 2.89. The molecule has 120 valence electrons. The van der Waals surface area contributed by atoms with E-state index in [1.165, 1.54) is 4.88 Å². The van der Waals surface area contributed by atoms with Crippen LogP contribution in [0.4, 0.5) is 0 Å². The summed E-state index contributed by atoms with van der Waals surface area (Å²) in [6.07, 6.45) is 1.88. The zero-order chi connectivity index (χ0) is 15.2. The van der Waals surface area contributed by atoms with E-state index in [4.69, 9.17) is 11.6 Å². The van der Waals surface area contributed by atoms with Gasteiger partial charge >= 0.3 is 0 Å². The van der Waals surface area contributed by atoms with Gasteiger partial charge in [-0.1, -0.05) is 23.7 Å². The van der Waals surface area contributed by atoms with Gasteiger partial charge in [0.25, 0.3) is 0 Å². The molecule has 1 heterocycles. The van der Waals surface area contributed by atoms with Crippen molar-refractivity contribution in [3.05, 3.63) is 50.9 Å². The van der Waals surface area contributed by atoms with Crippen LogP contribution in [0.2, 0.25) is 5.02 Å². The van der Waals surface area contributed by atoms with Crippen molar-refractivity contribution in [3.8, 4) is 0 Å². The summed E-state index contributed by atoms with van der Waals surface area (Å²) in [5.74, 6) is 0.746. The number of hydrogen-bond acceptors (Lipinski definition) is 3. The minimum absolute atomic E-state index is 0. The summed E-state index contributed by atoms with van der Waals surface area (Å²) in [6.45, 7) is 4.79. The maximum atomic E-state index is 6.02. The van der Waals surface area contributed by atoms with Crippen LogP contribution < -0.4 is 10.6 Å². The maximum Gasteiger partial charge on any atom is 0.191 e. The van der Waals surface area contributed by atoms with Crippen molar-refractivity contribution in [2.45, 2.75) is 26.4 Å². The molecule has 2 N–H and O–H groups in total. The molecule has 2 aromatic rings. The number of aryl methyl sites for hydroxylation is 1. The van der Waals surface area contributed by atoms with Crippen LogP contribution in [0, 0.1) is 6.92 Å². The normalized spacial score (nSPS) is 12.5. The summed E-state index contributed by atoms with van der Waals surface area (Å²) >= 11 is 7.71. The molecule has 2 rings (SSSR count). The van der Waals surface area contributed by atoms with Gasteiger partial charge in [0.1, 0.15) is 5.01 Å². The van der Waals surface area contributed by atoms with Gasteiger partial charge in [-0.25, -0.2) is 4.98 Å². The van der Waals surface area contributed by atoms with E-state index in [9.17, 15) is 0 Å². The molecule has 1 unspecified atom stereocenters. The number of nitrogens with one attached hydrogen (secondary N) is 2. The highest BCUT2D eigenvalue weighted by Crippen LogP contribution is 2.17. The molecule has 0 saturated carbocycles. The Morgan fingerprint density at radius 1 is 1.45 bits per heavy atom. The molecule has 0 bridgehead atoms. The smallest absolute Gasteiger partial charge is 0.191 e. The van der Waals surface area contributed by atoms with Crippen molar-refractivity contribution in [1.82, 2.24) is 15.6 Å². The third-order valence-electron chi connectivity index (χ3n) is 3.00. The third-order valence-corrected chi connectivity index (χ3v) is 4.15. The molecule has 0 fully saturated rings. The van der Waals surface area contributed by atoms with Gasteiger partial charge in [-0.15, -0.1) is 35.3 Å². The topological polar surface area (TPSA) is 49.3 Å². The van der Waals surface area contributed by atoms with Crippen molar-refractivity contribution >= 4 is 52.9 Å². The van der Waals surface area contributed by atoms with Crippen molar-refractivity contribution in [1.29, 1.82) is 0 Å². The molecule has 0 aliphatic carbocycles. The number of hydrogen-bond donors (Lipinski definition) is 2. The molecule has 7 heteroatoms. The van der Waals surface area contributed by atoms with Crippen LogP contribution in [0.25, 0.3) is 0 Å². The van der Waals surface area contributed by atoms with Crippen LogP contribution in [0.1, 0.15) is 28.4 Å². The molecule has 4 nitrogen and oxygen atoms in total. The Kier molecular flexibility index (Phi) is 8.13. The Morgan fingerprint density at radius 2 is 2.23 bits per heavy atom. The summed E-state index contributed by atoms with van der Waals surface area (Å²) in [5, 5.41) is 8.40. The van der Waals surface area contributed by atoms with E-state index < -0.39 is 0 Å². The Balaban J connectivity index is 0.00000242. The molecule has 1 aromatic carbocycles. The highest BCUT2D eigenvalue weighted by molar-refractivity contribution is 14.0. The van der Waals surface area contributed by atoms with Crippen LogP contribution in [0.3, 0.4) is 0 Å². The molecule has 0 spiro atoms. The molecule has 22 heavy (non-hydrogen) atoms. The lowest BCUT2D eigenvalue weighted by Crippen LogP contribution is -2.38. The Labute approximate surface area is 157 Å². The Hall–Kier alpha value is -0.860. The molecule has 1 aromatic heterocycles. The first-order valence-corrected chi connectivity index (χ1v) is 7.92. The first-order chi connectivity index (χ1) is 10.1. The van der Waals surface area contributed by atoms with Crippen LogP contribution in [0.5, 0.6) is 0 Å². The molecule has 1 atom stereocenters. The standard InChI is InChI=1S/C15H19ClN4S.HI/c1-10-8-18-14(21-10)9-19-15(17-3)20-11(2)12-5-4-6-13(16)7-12;/h4-8,11H,9H2,1-3H3,(H2,17,19,20);1H. The predicted octanol–water partition coefficient (Wildman–Crippen LogP) is 4.15. The number of halogens is 2. The Bertz CT molecular complexity index is 630. The second-order valence-corrected chi connectivity index (χ2v) is 6.47. The number of aliphatic imine (C=N–C) groups is 1. The summed E-state index contributed by atoms with van der Waals surface area (Å²) in [6, 6.07) is 7.94. The number of rotatable bonds is 4. The van der Waals surface area contributed by atoms with Crippen LogP contribution in [-0.2, 0) is 6.54 Å². The molecular weight excluding hydrogens is 431 g/mol. The molecular formula is C15H20ClIN4S. The fourth-order valence-electron chi connectivity index (χ4n) is 1.90. The first-order valence-electron chi connectivity index (χ1n) is 6.72. The van der Waals surface area contributed by atoms with Crippen LogP contribution in [0.15, 0.2) is 35.5 Å². The van der Waals surface area contributed by atoms with E-state index in [1.807, 2.05) is 30.5 Å². The predicted molar refractivity (Wildman–Crippen MR) is 105 cm³/mol. The lowest BCUT2D eigenvalue weighted by Gasteiger charge is -2.18. The summed E-state index contributed by atoms with van der Waals surface area (Å²) < 4.78 is 0. The maximum absolute atomic E-state index is 6.02. The zero-order valence-corrected chi connectivity index (χ0v) is 16.7. The second kappa shape index (κ2) is 9.32. The lowest BCUT2D eigenvalue weighted by molar-refractivity contribution is 0.685.